The first-order valence-corrected chi connectivity index (χ1v) is 5.60. The lowest BCUT2D eigenvalue weighted by molar-refractivity contribution is 0.340. The smallest absolute Gasteiger partial charge is 0.119 e. The maximum absolute atomic E-state index is 5.38. The first-order chi connectivity index (χ1) is 8.29. The van der Waals surface area contributed by atoms with Gasteiger partial charge in [0.2, 0.25) is 0 Å². The van der Waals surface area contributed by atoms with E-state index in [-0.39, 0.29) is 0 Å². The van der Waals surface area contributed by atoms with Gasteiger partial charge >= 0.3 is 0 Å². The number of nitrogens with zero attached hydrogens (tertiary/aromatic N) is 3. The molecule has 0 amide bonds. The van der Waals surface area contributed by atoms with Crippen molar-refractivity contribution in [2.75, 3.05) is 11.9 Å². The summed E-state index contributed by atoms with van der Waals surface area (Å²) in [5, 5.41) is 11.0. The Bertz CT molecular complexity index is 464. The van der Waals surface area contributed by atoms with Gasteiger partial charge < -0.3 is 10.1 Å². The average molecular weight is 232 g/mol. The molecule has 2 rings (SSSR count). The molecule has 1 aromatic heterocycles. The molecule has 0 aliphatic heterocycles. The molecule has 1 N–H and O–H groups in total. The Morgan fingerprint density at radius 3 is 2.65 bits per heavy atom. The average Bonchev–Trinajstić information content (AvgIpc) is 2.75. The number of benzene rings is 1. The second-order valence-corrected chi connectivity index (χ2v) is 3.66. The van der Waals surface area contributed by atoms with Crippen LogP contribution in [-0.4, -0.2) is 21.6 Å². The van der Waals surface area contributed by atoms with E-state index >= 15 is 0 Å². The van der Waals surface area contributed by atoms with E-state index in [0.717, 1.165) is 17.1 Å². The molecule has 0 aliphatic carbocycles. The van der Waals surface area contributed by atoms with Crippen LogP contribution in [0.4, 0.5) is 5.69 Å². The van der Waals surface area contributed by atoms with Gasteiger partial charge in [0, 0.05) is 12.7 Å². The fraction of sp³-hybridized carbons (Fsp3) is 0.333. The maximum Gasteiger partial charge on any atom is 0.119 e. The molecule has 0 saturated heterocycles. The summed E-state index contributed by atoms with van der Waals surface area (Å²) < 4.78 is 7.13. The van der Waals surface area contributed by atoms with Gasteiger partial charge in [-0.15, -0.1) is 5.10 Å². The summed E-state index contributed by atoms with van der Waals surface area (Å²) in [6.07, 6.45) is 1.75. The van der Waals surface area contributed by atoms with E-state index in [0.29, 0.717) is 13.2 Å². The third-order valence-corrected chi connectivity index (χ3v) is 2.45. The van der Waals surface area contributed by atoms with Crippen LogP contribution in [0, 0.1) is 0 Å². The van der Waals surface area contributed by atoms with E-state index < -0.39 is 0 Å². The molecule has 1 aromatic carbocycles. The van der Waals surface area contributed by atoms with Crippen LogP contribution in [-0.2, 0) is 13.6 Å². The number of ether oxygens (including phenoxy) is 1. The SMILES string of the molecule is CCOc1ccc(NCc2cnnn2C)cc1. The minimum Gasteiger partial charge on any atom is -0.494 e. The van der Waals surface area contributed by atoms with Gasteiger partial charge in [0.15, 0.2) is 0 Å². The van der Waals surface area contributed by atoms with Crippen molar-refractivity contribution in [3.63, 3.8) is 0 Å². The molecule has 0 radical (unpaired) electrons. The maximum atomic E-state index is 5.38. The lowest BCUT2D eigenvalue weighted by Crippen LogP contribution is -2.05. The van der Waals surface area contributed by atoms with Crippen molar-refractivity contribution < 1.29 is 4.74 Å². The van der Waals surface area contributed by atoms with E-state index in [1.807, 2.05) is 38.2 Å². The van der Waals surface area contributed by atoms with E-state index in [9.17, 15) is 0 Å². The Labute approximate surface area is 100 Å². The molecule has 2 aromatic rings. The van der Waals surface area contributed by atoms with E-state index in [2.05, 4.69) is 15.6 Å². The fourth-order valence-electron chi connectivity index (χ4n) is 1.50. The summed E-state index contributed by atoms with van der Waals surface area (Å²) in [5.74, 6) is 0.889. The number of rotatable bonds is 5. The van der Waals surface area contributed by atoms with E-state index in [1.165, 1.54) is 0 Å². The first kappa shape index (κ1) is 11.4. The van der Waals surface area contributed by atoms with Crippen molar-refractivity contribution in [1.29, 1.82) is 0 Å². The van der Waals surface area contributed by atoms with Crippen molar-refractivity contribution in [2.45, 2.75) is 13.5 Å². The van der Waals surface area contributed by atoms with Gasteiger partial charge in [-0.25, -0.2) is 0 Å². The van der Waals surface area contributed by atoms with Crippen LogP contribution in [0.3, 0.4) is 0 Å². The van der Waals surface area contributed by atoms with Crippen LogP contribution in [0.2, 0.25) is 0 Å². The molecule has 1 heterocycles. The fourth-order valence-corrected chi connectivity index (χ4v) is 1.50. The Balaban J connectivity index is 1.93. The number of aromatic nitrogens is 3. The lowest BCUT2D eigenvalue weighted by atomic mass is 10.3. The topological polar surface area (TPSA) is 52.0 Å². The van der Waals surface area contributed by atoms with Crippen LogP contribution in [0.5, 0.6) is 5.75 Å². The standard InChI is InChI=1S/C12H16N4O/c1-3-17-12-6-4-10(5-7-12)13-8-11-9-14-15-16(11)2/h4-7,9,13H,3,8H2,1-2H3. The second-order valence-electron chi connectivity index (χ2n) is 3.66. The van der Waals surface area contributed by atoms with Crippen molar-refractivity contribution in [2.24, 2.45) is 7.05 Å². The summed E-state index contributed by atoms with van der Waals surface area (Å²) in [6, 6.07) is 7.89. The molecular weight excluding hydrogens is 216 g/mol. The number of aryl methyl sites for hydroxylation is 1. The molecule has 0 saturated carbocycles. The van der Waals surface area contributed by atoms with Crippen LogP contribution < -0.4 is 10.1 Å². The Hall–Kier alpha value is -2.04. The highest BCUT2D eigenvalue weighted by Gasteiger charge is 1.99. The van der Waals surface area contributed by atoms with Gasteiger partial charge in [-0.1, -0.05) is 5.21 Å². The van der Waals surface area contributed by atoms with E-state index in [1.54, 1.807) is 10.9 Å². The molecular formula is C12H16N4O. The molecule has 0 spiro atoms. The molecule has 0 fully saturated rings. The van der Waals surface area contributed by atoms with Crippen molar-refractivity contribution in [3.05, 3.63) is 36.2 Å². The van der Waals surface area contributed by atoms with E-state index in [4.69, 9.17) is 4.74 Å². The highest BCUT2D eigenvalue weighted by molar-refractivity contribution is 5.46. The van der Waals surface area contributed by atoms with Crippen LogP contribution in [0.25, 0.3) is 0 Å². The number of nitrogens with one attached hydrogen (secondary N) is 1. The van der Waals surface area contributed by atoms with Gasteiger partial charge in [-0.2, -0.15) is 0 Å². The minimum absolute atomic E-state index is 0.688. The second kappa shape index (κ2) is 5.34. The number of hydrogen-bond acceptors (Lipinski definition) is 4. The molecule has 5 heteroatoms. The van der Waals surface area contributed by atoms with Crippen molar-refractivity contribution in [1.82, 2.24) is 15.0 Å². The molecule has 0 bridgehead atoms. The molecule has 5 nitrogen and oxygen atoms in total. The predicted octanol–water partition coefficient (Wildman–Crippen LogP) is 1.83. The molecule has 0 atom stereocenters. The van der Waals surface area contributed by atoms with Crippen molar-refractivity contribution >= 4 is 5.69 Å². The molecule has 17 heavy (non-hydrogen) atoms. The minimum atomic E-state index is 0.688. The lowest BCUT2D eigenvalue weighted by Gasteiger charge is -2.07. The van der Waals surface area contributed by atoms with Gasteiger partial charge in [0.1, 0.15) is 5.75 Å². The molecule has 90 valence electrons. The summed E-state index contributed by atoms with van der Waals surface area (Å²) >= 11 is 0. The highest BCUT2D eigenvalue weighted by Crippen LogP contribution is 2.16. The van der Waals surface area contributed by atoms with Crippen LogP contribution in [0.15, 0.2) is 30.5 Å². The van der Waals surface area contributed by atoms with Crippen molar-refractivity contribution in [3.8, 4) is 5.75 Å². The largest absolute Gasteiger partial charge is 0.494 e. The van der Waals surface area contributed by atoms with Crippen LogP contribution in [0.1, 0.15) is 12.6 Å². The van der Waals surface area contributed by atoms with Crippen LogP contribution >= 0.6 is 0 Å². The van der Waals surface area contributed by atoms with Gasteiger partial charge in [0.25, 0.3) is 0 Å². The summed E-state index contributed by atoms with van der Waals surface area (Å²) in [7, 11) is 1.88. The number of hydrogen-bond donors (Lipinski definition) is 1. The quantitative estimate of drug-likeness (QED) is 0.854. The monoisotopic (exact) mass is 232 g/mol. The normalized spacial score (nSPS) is 10.2. The summed E-state index contributed by atoms with van der Waals surface area (Å²) in [4.78, 5) is 0. The van der Waals surface area contributed by atoms with Gasteiger partial charge in [-0.3, -0.25) is 4.68 Å². The summed E-state index contributed by atoms with van der Waals surface area (Å²) in [5.41, 5.74) is 2.09. The predicted molar refractivity (Wildman–Crippen MR) is 65.9 cm³/mol. The third kappa shape index (κ3) is 2.96. The first-order valence-electron chi connectivity index (χ1n) is 5.60. The zero-order valence-corrected chi connectivity index (χ0v) is 10.1. The highest BCUT2D eigenvalue weighted by atomic mass is 16.5. The third-order valence-electron chi connectivity index (χ3n) is 2.45. The van der Waals surface area contributed by atoms with Gasteiger partial charge in [0.05, 0.1) is 25.0 Å². The molecule has 0 aliphatic rings. The Morgan fingerprint density at radius 1 is 1.29 bits per heavy atom. The Morgan fingerprint density at radius 2 is 2.06 bits per heavy atom. The zero-order valence-electron chi connectivity index (χ0n) is 10.1. The van der Waals surface area contributed by atoms with Gasteiger partial charge in [-0.05, 0) is 31.2 Å². The zero-order chi connectivity index (χ0) is 12.1. The molecule has 0 unspecified atom stereocenters. The number of anilines is 1. The Kier molecular flexibility index (Phi) is 3.59. The summed E-state index contributed by atoms with van der Waals surface area (Å²) in [6.45, 7) is 3.37.